The largest absolute Gasteiger partial charge is 0.339 e. The second-order valence-electron chi connectivity index (χ2n) is 7.85. The molecule has 0 heterocycles. The van der Waals surface area contributed by atoms with Gasteiger partial charge in [-0.05, 0) is 24.0 Å². The highest BCUT2D eigenvalue weighted by molar-refractivity contribution is 7.97. The molecule has 2 aromatic rings. The van der Waals surface area contributed by atoms with Crippen LogP contribution in [0.15, 0.2) is 60.7 Å². The Morgan fingerprint density at radius 3 is 1.53 bits per heavy atom. The van der Waals surface area contributed by atoms with Gasteiger partial charge in [-0.3, -0.25) is 0 Å². The maximum absolute atomic E-state index is 8.64. The fourth-order valence-corrected chi connectivity index (χ4v) is 4.90. The molecule has 0 saturated carbocycles. The molecule has 0 aliphatic carbocycles. The van der Waals surface area contributed by atoms with Gasteiger partial charge < -0.3 is 9.79 Å². The van der Waals surface area contributed by atoms with Crippen molar-refractivity contribution in [1.29, 1.82) is 0 Å². The van der Waals surface area contributed by atoms with Crippen molar-refractivity contribution in [2.24, 2.45) is 0 Å². The minimum absolute atomic E-state index is 0.512. The second-order valence-corrected chi connectivity index (χ2v) is 9.59. The van der Waals surface area contributed by atoms with Crippen LogP contribution in [-0.4, -0.2) is 15.5 Å². The van der Waals surface area contributed by atoms with Gasteiger partial charge in [-0.15, -0.1) is 0 Å². The van der Waals surface area contributed by atoms with Crippen LogP contribution in [0.5, 0.6) is 0 Å². The zero-order valence-electron chi connectivity index (χ0n) is 18.0. The Morgan fingerprint density at radius 2 is 1.07 bits per heavy atom. The first-order chi connectivity index (χ1) is 14.8. The molecule has 2 rings (SSSR count). The molecule has 0 fully saturated rings. The number of rotatable bonds is 17. The predicted molar refractivity (Wildman–Crippen MR) is 130 cm³/mol. The molecule has 3 nitrogen and oxygen atoms in total. The Labute approximate surface area is 188 Å². The van der Waals surface area contributed by atoms with E-state index in [4.69, 9.17) is 13.8 Å². The van der Waals surface area contributed by atoms with Crippen molar-refractivity contribution in [3.05, 3.63) is 71.8 Å². The summed E-state index contributed by atoms with van der Waals surface area (Å²) >= 11 is 1.17. The van der Waals surface area contributed by atoms with Crippen molar-refractivity contribution < 1.29 is 13.8 Å². The van der Waals surface area contributed by atoms with E-state index in [9.17, 15) is 0 Å². The molecule has 5 heteroatoms. The van der Waals surface area contributed by atoms with Gasteiger partial charge in [0.2, 0.25) is 0 Å². The number of benzene rings is 2. The smallest absolute Gasteiger partial charge is 0.328 e. The lowest BCUT2D eigenvalue weighted by atomic mass is 9.87. The van der Waals surface area contributed by atoms with Gasteiger partial charge in [-0.2, -0.15) is 0 Å². The van der Waals surface area contributed by atoms with Crippen molar-refractivity contribution in [3.63, 3.8) is 0 Å². The summed E-state index contributed by atoms with van der Waals surface area (Å²) in [5.41, 5.74) is 2.87. The maximum atomic E-state index is 8.64. The van der Waals surface area contributed by atoms with E-state index < -0.39 is 8.60 Å². The lowest BCUT2D eigenvalue weighted by Crippen LogP contribution is -2.01. The molecule has 0 spiro atoms. The average molecular weight is 449 g/mol. The highest BCUT2D eigenvalue weighted by Gasteiger charge is 2.13. The predicted octanol–water partition coefficient (Wildman–Crippen LogP) is 7.99. The lowest BCUT2D eigenvalue weighted by molar-refractivity contribution is 0.397. The molecule has 0 aliphatic heterocycles. The van der Waals surface area contributed by atoms with Crippen LogP contribution < -0.4 is 0 Å². The Bertz CT molecular complexity index is 600. The number of unbranched alkanes of at least 4 members (excludes halogenated alkanes) is 9. The summed E-state index contributed by atoms with van der Waals surface area (Å²) in [4.78, 5) is 17.3. The van der Waals surface area contributed by atoms with Gasteiger partial charge in [-0.1, -0.05) is 118 Å². The SMILES string of the molecule is OP(O)OSCCCCCCCCCCCCC(c1ccccc1)c1ccccc1. The third-order valence-corrected chi connectivity index (χ3v) is 6.90. The topological polar surface area (TPSA) is 49.7 Å². The minimum atomic E-state index is -2.20. The highest BCUT2D eigenvalue weighted by atomic mass is 32.2. The van der Waals surface area contributed by atoms with Crippen LogP contribution in [0.2, 0.25) is 0 Å². The van der Waals surface area contributed by atoms with Gasteiger partial charge in [0.1, 0.15) is 0 Å². The summed E-state index contributed by atoms with van der Waals surface area (Å²) in [6, 6.07) is 21.9. The molecule has 0 saturated heterocycles. The molecule has 30 heavy (non-hydrogen) atoms. The summed E-state index contributed by atoms with van der Waals surface area (Å²) in [6.07, 6.45) is 14.1. The Hall–Kier alpha value is -0.900. The van der Waals surface area contributed by atoms with Gasteiger partial charge in [0.05, 0.1) is 0 Å². The average Bonchev–Trinajstić information content (AvgIpc) is 2.77. The number of hydrogen-bond donors (Lipinski definition) is 2. The van der Waals surface area contributed by atoms with Crippen molar-refractivity contribution in [2.75, 3.05) is 5.75 Å². The molecule has 0 unspecified atom stereocenters. The fourth-order valence-electron chi connectivity index (χ4n) is 3.90. The van der Waals surface area contributed by atoms with Gasteiger partial charge in [-0.25, -0.2) is 3.97 Å². The molecule has 166 valence electrons. The molecule has 2 aromatic carbocycles. The van der Waals surface area contributed by atoms with Crippen LogP contribution in [0.3, 0.4) is 0 Å². The summed E-state index contributed by atoms with van der Waals surface area (Å²) in [6.45, 7) is 0. The summed E-state index contributed by atoms with van der Waals surface area (Å²) in [5, 5.41) is 0. The Kier molecular flexibility index (Phi) is 14.2. The molecule has 2 N–H and O–H groups in total. The summed E-state index contributed by atoms with van der Waals surface area (Å²) < 4.78 is 4.69. The maximum Gasteiger partial charge on any atom is 0.339 e. The third-order valence-electron chi connectivity index (χ3n) is 5.49. The van der Waals surface area contributed by atoms with Crippen LogP contribution in [0.25, 0.3) is 0 Å². The van der Waals surface area contributed by atoms with Gasteiger partial charge >= 0.3 is 8.60 Å². The molecule has 0 aromatic heterocycles. The first-order valence-corrected chi connectivity index (χ1v) is 13.4. The second kappa shape index (κ2) is 16.8. The van der Waals surface area contributed by atoms with Gasteiger partial charge in [0, 0.05) is 23.7 Å². The van der Waals surface area contributed by atoms with Crippen molar-refractivity contribution in [2.45, 2.75) is 76.5 Å². The molecule has 0 amide bonds. The quantitative estimate of drug-likeness (QED) is 0.146. The van der Waals surface area contributed by atoms with Gasteiger partial charge in [0.15, 0.2) is 0 Å². The minimum Gasteiger partial charge on any atom is -0.328 e. The van der Waals surface area contributed by atoms with Crippen LogP contribution >= 0.6 is 20.6 Å². The van der Waals surface area contributed by atoms with E-state index in [1.807, 2.05) is 0 Å². The van der Waals surface area contributed by atoms with E-state index in [0.717, 1.165) is 12.2 Å². The molecular formula is C25H37O3PS. The molecule has 0 bridgehead atoms. The first-order valence-electron chi connectivity index (χ1n) is 11.3. The lowest BCUT2D eigenvalue weighted by Gasteiger charge is -2.18. The van der Waals surface area contributed by atoms with E-state index in [1.165, 1.54) is 87.4 Å². The van der Waals surface area contributed by atoms with Crippen LogP contribution in [0, 0.1) is 0 Å². The molecular weight excluding hydrogens is 411 g/mol. The van der Waals surface area contributed by atoms with Crippen LogP contribution in [0.1, 0.15) is 87.7 Å². The highest BCUT2D eigenvalue weighted by Crippen LogP contribution is 2.32. The van der Waals surface area contributed by atoms with Gasteiger partial charge in [0.25, 0.3) is 0 Å². The fraction of sp³-hybridized carbons (Fsp3) is 0.520. The molecule has 0 aliphatic rings. The monoisotopic (exact) mass is 448 g/mol. The summed E-state index contributed by atoms with van der Waals surface area (Å²) in [7, 11) is -2.20. The van der Waals surface area contributed by atoms with Crippen molar-refractivity contribution >= 4 is 20.6 Å². The molecule has 0 atom stereocenters. The zero-order valence-corrected chi connectivity index (χ0v) is 19.7. The Morgan fingerprint density at radius 1 is 0.633 bits per heavy atom. The van der Waals surface area contributed by atoms with E-state index >= 15 is 0 Å². The van der Waals surface area contributed by atoms with E-state index in [1.54, 1.807) is 0 Å². The van der Waals surface area contributed by atoms with Crippen LogP contribution in [-0.2, 0) is 3.97 Å². The van der Waals surface area contributed by atoms with Crippen molar-refractivity contribution in [3.8, 4) is 0 Å². The van der Waals surface area contributed by atoms with E-state index in [2.05, 4.69) is 60.7 Å². The number of hydrogen-bond acceptors (Lipinski definition) is 4. The third kappa shape index (κ3) is 11.5. The molecule has 0 radical (unpaired) electrons. The van der Waals surface area contributed by atoms with E-state index in [-0.39, 0.29) is 0 Å². The zero-order chi connectivity index (χ0) is 21.3. The normalized spacial score (nSPS) is 11.5. The van der Waals surface area contributed by atoms with Crippen molar-refractivity contribution in [1.82, 2.24) is 0 Å². The summed E-state index contributed by atoms with van der Waals surface area (Å²) in [5.74, 6) is 1.35. The van der Waals surface area contributed by atoms with E-state index in [0.29, 0.717) is 5.92 Å². The Balaban J connectivity index is 1.50. The van der Waals surface area contributed by atoms with Crippen LogP contribution in [0.4, 0.5) is 0 Å². The standard InChI is InChI=1S/C25H37O3PS/c26-29(27)28-30-22-16-8-6-4-2-1-3-5-7-15-21-25(23-17-11-9-12-18-23)24-19-13-10-14-20-24/h9-14,17-20,25-27H,1-8,15-16,21-22H2. The first kappa shape index (κ1) is 25.4.